The van der Waals surface area contributed by atoms with E-state index in [1.807, 2.05) is 6.92 Å². The number of carbonyl (C=O) groups excluding carboxylic acids is 2. The smallest absolute Gasteiger partial charge is 0.410 e. The summed E-state index contributed by atoms with van der Waals surface area (Å²) in [5.74, 6) is -1.16. The van der Waals surface area contributed by atoms with Gasteiger partial charge in [0.25, 0.3) is 11.5 Å². The third kappa shape index (κ3) is 5.58. The molecule has 1 aliphatic heterocycles. The van der Waals surface area contributed by atoms with Crippen LogP contribution in [-0.4, -0.2) is 62.6 Å². The number of H-pyrrole nitrogens is 1. The summed E-state index contributed by atoms with van der Waals surface area (Å²) in [7, 11) is 0. The highest BCUT2D eigenvalue weighted by Gasteiger charge is 2.34. The maximum Gasteiger partial charge on any atom is 0.410 e. The molecule has 2 heterocycles. The zero-order valence-corrected chi connectivity index (χ0v) is 21.4. The second kappa shape index (κ2) is 10.2. The van der Waals surface area contributed by atoms with Gasteiger partial charge >= 0.3 is 11.8 Å². The summed E-state index contributed by atoms with van der Waals surface area (Å²) >= 11 is 0. The van der Waals surface area contributed by atoms with Gasteiger partial charge in [-0.2, -0.15) is 0 Å². The van der Waals surface area contributed by atoms with Crippen molar-refractivity contribution in [1.82, 2.24) is 19.4 Å². The number of benzene rings is 2. The van der Waals surface area contributed by atoms with Gasteiger partial charge in [0.05, 0.1) is 29.1 Å². The van der Waals surface area contributed by atoms with Crippen molar-refractivity contribution < 1.29 is 18.7 Å². The van der Waals surface area contributed by atoms with Gasteiger partial charge in [-0.05, 0) is 57.0 Å². The monoisotopic (exact) mass is 510 g/mol. The Morgan fingerprint density at radius 3 is 2.54 bits per heavy atom. The molecule has 4 rings (SSSR count). The number of aromatic nitrogens is 2. The van der Waals surface area contributed by atoms with Crippen molar-refractivity contribution in [2.24, 2.45) is 0 Å². The van der Waals surface area contributed by atoms with Gasteiger partial charge in [-0.25, -0.2) is 14.0 Å². The molecule has 1 N–H and O–H groups in total. The first-order chi connectivity index (χ1) is 17.5. The van der Waals surface area contributed by atoms with E-state index in [0.717, 1.165) is 0 Å². The van der Waals surface area contributed by atoms with Crippen LogP contribution >= 0.6 is 0 Å². The number of nitrogens with one attached hydrogen (secondary N) is 1. The molecule has 1 saturated heterocycles. The van der Waals surface area contributed by atoms with E-state index >= 15 is 0 Å². The molecule has 0 radical (unpaired) electrons. The Balaban J connectivity index is 1.57. The fourth-order valence-electron chi connectivity index (χ4n) is 4.54. The Bertz CT molecular complexity index is 1460. The molecule has 10 heteroatoms. The van der Waals surface area contributed by atoms with Gasteiger partial charge in [0.1, 0.15) is 11.4 Å². The molecule has 0 bridgehead atoms. The summed E-state index contributed by atoms with van der Waals surface area (Å²) in [6.45, 7) is 8.12. The van der Waals surface area contributed by atoms with Crippen molar-refractivity contribution >= 4 is 22.9 Å². The van der Waals surface area contributed by atoms with Crippen LogP contribution in [0.4, 0.5) is 9.18 Å². The summed E-state index contributed by atoms with van der Waals surface area (Å²) in [4.78, 5) is 56.1. The van der Waals surface area contributed by atoms with Gasteiger partial charge < -0.3 is 14.5 Å². The van der Waals surface area contributed by atoms with Crippen LogP contribution in [0.3, 0.4) is 0 Å². The van der Waals surface area contributed by atoms with Gasteiger partial charge in [-0.3, -0.25) is 19.1 Å². The molecule has 1 aliphatic rings. The van der Waals surface area contributed by atoms with Gasteiger partial charge in [0.2, 0.25) is 0 Å². The minimum Gasteiger partial charge on any atom is -0.444 e. The maximum absolute atomic E-state index is 14.8. The lowest BCUT2D eigenvalue weighted by molar-refractivity contribution is -0.00128. The van der Waals surface area contributed by atoms with E-state index in [1.54, 1.807) is 54.8 Å². The summed E-state index contributed by atoms with van der Waals surface area (Å²) < 4.78 is 21.7. The first-order valence-corrected chi connectivity index (χ1v) is 12.3. The minimum atomic E-state index is -0.671. The number of halogens is 1. The van der Waals surface area contributed by atoms with Crippen molar-refractivity contribution in [3.8, 4) is 0 Å². The van der Waals surface area contributed by atoms with E-state index < -0.39 is 34.7 Å². The van der Waals surface area contributed by atoms with Crippen molar-refractivity contribution in [2.75, 3.05) is 19.6 Å². The summed E-state index contributed by atoms with van der Waals surface area (Å²) in [5.41, 5.74) is -0.848. The second-order valence-electron chi connectivity index (χ2n) is 10.2. The number of fused-ring (bicyclic) bond motifs is 1. The summed E-state index contributed by atoms with van der Waals surface area (Å²) in [6.07, 6.45) is 0.173. The van der Waals surface area contributed by atoms with E-state index in [1.165, 1.54) is 22.8 Å². The average molecular weight is 511 g/mol. The highest BCUT2D eigenvalue weighted by molar-refractivity contribution is 5.95. The fraction of sp³-hybridized carbons (Fsp3) is 0.407. The molecule has 1 fully saturated rings. The Hall–Kier alpha value is -3.95. The first-order valence-electron chi connectivity index (χ1n) is 12.3. The normalized spacial score (nSPS) is 16.2. The zero-order valence-electron chi connectivity index (χ0n) is 21.4. The molecule has 2 aromatic carbocycles. The number of para-hydroxylation sites is 1. The van der Waals surface area contributed by atoms with E-state index in [0.29, 0.717) is 22.9 Å². The number of piperazine rings is 1. The van der Waals surface area contributed by atoms with Crippen molar-refractivity contribution in [2.45, 2.75) is 52.3 Å². The van der Waals surface area contributed by atoms with Crippen LogP contribution in [0.25, 0.3) is 10.9 Å². The topological polar surface area (TPSA) is 105 Å². The van der Waals surface area contributed by atoms with Crippen LogP contribution in [-0.2, 0) is 11.3 Å². The second-order valence-corrected chi connectivity index (χ2v) is 10.2. The van der Waals surface area contributed by atoms with Crippen LogP contribution in [0.5, 0.6) is 0 Å². The maximum atomic E-state index is 14.8. The first kappa shape index (κ1) is 26.1. The summed E-state index contributed by atoms with van der Waals surface area (Å²) in [6, 6.07) is 10.6. The molecule has 0 spiro atoms. The van der Waals surface area contributed by atoms with E-state index in [-0.39, 0.29) is 37.8 Å². The number of hydrogen-bond donors (Lipinski definition) is 1. The van der Waals surface area contributed by atoms with Crippen LogP contribution in [0.2, 0.25) is 0 Å². The molecule has 37 heavy (non-hydrogen) atoms. The van der Waals surface area contributed by atoms with Crippen molar-refractivity contribution in [3.63, 3.8) is 0 Å². The predicted octanol–water partition coefficient (Wildman–Crippen LogP) is 3.35. The van der Waals surface area contributed by atoms with Crippen LogP contribution in [0.15, 0.2) is 52.1 Å². The molecular formula is C27H31FN4O5. The number of aromatic amines is 1. The van der Waals surface area contributed by atoms with Crippen LogP contribution in [0, 0.1) is 5.82 Å². The minimum absolute atomic E-state index is 0.0424. The van der Waals surface area contributed by atoms with E-state index in [4.69, 9.17) is 4.74 Å². The third-order valence-corrected chi connectivity index (χ3v) is 6.38. The number of nitrogens with zero attached hydrogens (tertiary/aromatic N) is 3. The third-order valence-electron chi connectivity index (χ3n) is 6.38. The largest absolute Gasteiger partial charge is 0.444 e. The molecule has 3 aromatic rings. The highest BCUT2D eigenvalue weighted by atomic mass is 19.1. The quantitative estimate of drug-likeness (QED) is 0.580. The Kier molecular flexibility index (Phi) is 7.20. The van der Waals surface area contributed by atoms with Crippen molar-refractivity contribution in [3.05, 3.63) is 80.2 Å². The van der Waals surface area contributed by atoms with Gasteiger partial charge in [-0.15, -0.1) is 0 Å². The standard InChI is InChI=1S/C27H31FN4O5/c1-5-18-16-30(12-13-31(18)26(36)37-27(2,3)4)24(34)20-14-17(10-11-21(20)28)15-32-22-9-7-6-8-19(22)23(33)29-25(32)35/h6-11,14,18H,5,12-13,15-16H2,1-4H3,(H,29,33,35)/t18-/m1/s1. The molecule has 1 aromatic heterocycles. The van der Waals surface area contributed by atoms with E-state index in [9.17, 15) is 23.6 Å². The number of amides is 2. The Morgan fingerprint density at radius 1 is 1.11 bits per heavy atom. The number of hydrogen-bond acceptors (Lipinski definition) is 5. The molecule has 0 saturated carbocycles. The lowest BCUT2D eigenvalue weighted by atomic mass is 10.1. The molecule has 0 aliphatic carbocycles. The van der Waals surface area contributed by atoms with E-state index in [2.05, 4.69) is 4.98 Å². The summed E-state index contributed by atoms with van der Waals surface area (Å²) in [5, 5.41) is 0.356. The van der Waals surface area contributed by atoms with Crippen LogP contribution < -0.4 is 11.2 Å². The number of ether oxygens (including phenoxy) is 1. The molecule has 9 nitrogen and oxygen atoms in total. The number of carbonyl (C=O) groups is 2. The average Bonchev–Trinajstić information content (AvgIpc) is 2.85. The zero-order chi connectivity index (χ0) is 26.9. The highest BCUT2D eigenvalue weighted by Crippen LogP contribution is 2.21. The number of rotatable bonds is 4. The van der Waals surface area contributed by atoms with Crippen LogP contribution in [0.1, 0.15) is 50.0 Å². The SMILES string of the molecule is CC[C@@H]1CN(C(=O)c2cc(Cn3c(=O)[nH]c(=O)c4ccccc43)ccc2F)CCN1C(=O)OC(C)(C)C. The Labute approximate surface area is 213 Å². The van der Waals surface area contributed by atoms with Gasteiger partial charge in [0, 0.05) is 19.6 Å². The predicted molar refractivity (Wildman–Crippen MR) is 137 cm³/mol. The lowest BCUT2D eigenvalue weighted by Gasteiger charge is -2.41. The fourth-order valence-corrected chi connectivity index (χ4v) is 4.54. The molecule has 0 unspecified atom stereocenters. The molecule has 196 valence electrons. The van der Waals surface area contributed by atoms with Crippen molar-refractivity contribution in [1.29, 1.82) is 0 Å². The molecular weight excluding hydrogens is 479 g/mol. The molecule has 1 atom stereocenters. The lowest BCUT2D eigenvalue weighted by Crippen LogP contribution is -2.57. The van der Waals surface area contributed by atoms with Gasteiger partial charge in [0.15, 0.2) is 0 Å². The Morgan fingerprint density at radius 2 is 1.84 bits per heavy atom. The molecule has 2 amide bonds. The van der Waals surface area contributed by atoms with Gasteiger partial charge in [-0.1, -0.05) is 25.1 Å².